The summed E-state index contributed by atoms with van der Waals surface area (Å²) in [5.74, 6) is -0.376. The summed E-state index contributed by atoms with van der Waals surface area (Å²) in [6.07, 6.45) is 1.92. The maximum absolute atomic E-state index is 12.6. The SMILES string of the molecule is CCCCn1nc(C)c(C(=O)Nc2ccc(S(=O)(=O)N(C)C)cc2)c1Cl. The molecule has 0 radical (unpaired) electrons. The lowest BCUT2D eigenvalue weighted by atomic mass is 10.2. The first-order valence-electron chi connectivity index (χ1n) is 8.25. The minimum atomic E-state index is -3.51. The molecule has 7 nitrogen and oxygen atoms in total. The van der Waals surface area contributed by atoms with Crippen molar-refractivity contribution >= 4 is 33.2 Å². The highest BCUT2D eigenvalue weighted by atomic mass is 35.5. The van der Waals surface area contributed by atoms with E-state index < -0.39 is 10.0 Å². The number of aryl methyl sites for hydroxylation is 2. The molecule has 0 aliphatic heterocycles. The van der Waals surface area contributed by atoms with Gasteiger partial charge in [0.25, 0.3) is 5.91 Å². The summed E-state index contributed by atoms with van der Waals surface area (Å²) in [6, 6.07) is 5.98. The normalized spacial score (nSPS) is 11.8. The monoisotopic (exact) mass is 398 g/mol. The van der Waals surface area contributed by atoms with Crippen molar-refractivity contribution in [3.8, 4) is 0 Å². The summed E-state index contributed by atoms with van der Waals surface area (Å²) in [5, 5.41) is 7.35. The molecule has 0 atom stereocenters. The van der Waals surface area contributed by atoms with E-state index in [2.05, 4.69) is 17.3 Å². The van der Waals surface area contributed by atoms with Crippen LogP contribution in [0, 0.1) is 6.92 Å². The lowest BCUT2D eigenvalue weighted by Gasteiger charge is -2.12. The number of aromatic nitrogens is 2. The van der Waals surface area contributed by atoms with Crippen LogP contribution in [0.5, 0.6) is 0 Å². The third-order valence-electron chi connectivity index (χ3n) is 3.91. The van der Waals surface area contributed by atoms with Gasteiger partial charge < -0.3 is 5.32 Å². The predicted octanol–water partition coefficient (Wildman–Crippen LogP) is 3.15. The number of hydrogen-bond donors (Lipinski definition) is 1. The number of rotatable bonds is 7. The molecule has 9 heteroatoms. The zero-order valence-corrected chi connectivity index (χ0v) is 16.9. The van der Waals surface area contributed by atoms with Crippen LogP contribution in [0.25, 0.3) is 0 Å². The zero-order chi connectivity index (χ0) is 19.5. The van der Waals surface area contributed by atoms with Crippen molar-refractivity contribution in [3.63, 3.8) is 0 Å². The molecule has 1 aromatic heterocycles. The first-order chi connectivity index (χ1) is 12.2. The van der Waals surface area contributed by atoms with Gasteiger partial charge in [-0.25, -0.2) is 12.7 Å². The molecule has 1 aromatic carbocycles. The Hall–Kier alpha value is -1.90. The number of unbranched alkanes of at least 4 members (excludes halogenated alkanes) is 1. The van der Waals surface area contributed by atoms with Crippen molar-refractivity contribution in [2.24, 2.45) is 0 Å². The van der Waals surface area contributed by atoms with Crippen molar-refractivity contribution in [1.29, 1.82) is 0 Å². The molecule has 142 valence electrons. The molecule has 0 spiro atoms. The van der Waals surface area contributed by atoms with Gasteiger partial charge in [0, 0.05) is 26.3 Å². The van der Waals surface area contributed by atoms with Gasteiger partial charge in [-0.3, -0.25) is 9.48 Å². The minimum absolute atomic E-state index is 0.155. The van der Waals surface area contributed by atoms with Gasteiger partial charge in [0.2, 0.25) is 10.0 Å². The van der Waals surface area contributed by atoms with Gasteiger partial charge in [0.05, 0.1) is 16.2 Å². The number of carbonyl (C=O) groups is 1. The Morgan fingerprint density at radius 1 is 1.27 bits per heavy atom. The number of nitrogens with zero attached hydrogens (tertiary/aromatic N) is 3. The van der Waals surface area contributed by atoms with E-state index >= 15 is 0 Å². The summed E-state index contributed by atoms with van der Waals surface area (Å²) in [4.78, 5) is 12.7. The van der Waals surface area contributed by atoms with Crippen LogP contribution in [0.3, 0.4) is 0 Å². The van der Waals surface area contributed by atoms with Gasteiger partial charge in [-0.2, -0.15) is 5.10 Å². The molecule has 0 aliphatic rings. The number of hydrogen-bond acceptors (Lipinski definition) is 4. The molecule has 26 heavy (non-hydrogen) atoms. The lowest BCUT2D eigenvalue weighted by molar-refractivity contribution is 0.102. The number of nitrogens with one attached hydrogen (secondary N) is 1. The van der Waals surface area contributed by atoms with Crippen LogP contribution in [0.4, 0.5) is 5.69 Å². The Bertz CT molecular complexity index is 889. The van der Waals surface area contributed by atoms with E-state index in [0.717, 1.165) is 17.1 Å². The molecule has 1 amide bonds. The van der Waals surface area contributed by atoms with Crippen LogP contribution < -0.4 is 5.32 Å². The second kappa shape index (κ2) is 8.20. The summed E-state index contributed by atoms with van der Waals surface area (Å²) in [5.41, 5.74) is 1.35. The Balaban J connectivity index is 2.19. The highest BCUT2D eigenvalue weighted by Crippen LogP contribution is 2.23. The zero-order valence-electron chi connectivity index (χ0n) is 15.3. The third-order valence-corrected chi connectivity index (χ3v) is 6.12. The molecule has 0 fully saturated rings. The van der Waals surface area contributed by atoms with Crippen LogP contribution in [-0.2, 0) is 16.6 Å². The molecule has 0 aliphatic carbocycles. The van der Waals surface area contributed by atoms with Crippen LogP contribution in [-0.4, -0.2) is 42.5 Å². The van der Waals surface area contributed by atoms with Gasteiger partial charge in [0.15, 0.2) is 0 Å². The Kier molecular flexibility index (Phi) is 6.44. The quantitative estimate of drug-likeness (QED) is 0.776. The number of amides is 1. The van der Waals surface area contributed by atoms with E-state index in [0.29, 0.717) is 28.6 Å². The number of carbonyl (C=O) groups excluding carboxylic acids is 1. The van der Waals surface area contributed by atoms with E-state index in [-0.39, 0.29) is 10.8 Å². The molecular weight excluding hydrogens is 376 g/mol. The summed E-state index contributed by atoms with van der Waals surface area (Å²) < 4.78 is 26.9. The van der Waals surface area contributed by atoms with Crippen molar-refractivity contribution in [1.82, 2.24) is 14.1 Å². The van der Waals surface area contributed by atoms with E-state index in [1.54, 1.807) is 23.7 Å². The van der Waals surface area contributed by atoms with Crippen molar-refractivity contribution in [2.45, 2.75) is 38.1 Å². The lowest BCUT2D eigenvalue weighted by Crippen LogP contribution is -2.22. The number of halogens is 1. The predicted molar refractivity (Wildman–Crippen MR) is 102 cm³/mol. The van der Waals surface area contributed by atoms with Gasteiger partial charge in [-0.05, 0) is 37.6 Å². The fourth-order valence-electron chi connectivity index (χ4n) is 2.38. The Morgan fingerprint density at radius 2 is 1.88 bits per heavy atom. The molecule has 1 N–H and O–H groups in total. The highest BCUT2D eigenvalue weighted by molar-refractivity contribution is 7.89. The first kappa shape index (κ1) is 20.4. The molecule has 0 saturated heterocycles. The molecule has 2 rings (SSSR count). The Labute approximate surface area is 159 Å². The largest absolute Gasteiger partial charge is 0.322 e. The Morgan fingerprint density at radius 3 is 2.42 bits per heavy atom. The fraction of sp³-hybridized carbons (Fsp3) is 0.412. The van der Waals surface area contributed by atoms with E-state index in [4.69, 9.17) is 11.6 Å². The van der Waals surface area contributed by atoms with Gasteiger partial charge in [-0.1, -0.05) is 24.9 Å². The van der Waals surface area contributed by atoms with Gasteiger partial charge in [0.1, 0.15) is 5.15 Å². The topological polar surface area (TPSA) is 84.3 Å². The molecule has 2 aromatic rings. The average molecular weight is 399 g/mol. The maximum Gasteiger partial charge on any atom is 0.260 e. The number of sulfonamides is 1. The third kappa shape index (κ3) is 4.25. The standard InChI is InChI=1S/C17H23ClN4O3S/c1-5-6-11-22-16(18)15(12(2)20-22)17(23)19-13-7-9-14(10-8-13)26(24,25)21(3)4/h7-10H,5-6,11H2,1-4H3,(H,19,23). The van der Waals surface area contributed by atoms with Gasteiger partial charge in [-0.15, -0.1) is 0 Å². The second-order valence-electron chi connectivity index (χ2n) is 6.09. The van der Waals surface area contributed by atoms with E-state index in [1.165, 1.54) is 26.2 Å². The maximum atomic E-state index is 12.6. The molecule has 0 saturated carbocycles. The molecular formula is C17H23ClN4O3S. The number of benzene rings is 1. The van der Waals surface area contributed by atoms with Crippen molar-refractivity contribution in [2.75, 3.05) is 19.4 Å². The average Bonchev–Trinajstić information content (AvgIpc) is 2.87. The minimum Gasteiger partial charge on any atom is -0.322 e. The smallest absolute Gasteiger partial charge is 0.260 e. The van der Waals surface area contributed by atoms with Crippen LogP contribution in [0.2, 0.25) is 5.15 Å². The van der Waals surface area contributed by atoms with Crippen LogP contribution >= 0.6 is 11.6 Å². The highest BCUT2D eigenvalue weighted by Gasteiger charge is 2.21. The number of anilines is 1. The van der Waals surface area contributed by atoms with E-state index in [1.807, 2.05) is 0 Å². The van der Waals surface area contributed by atoms with Crippen LogP contribution in [0.15, 0.2) is 29.2 Å². The summed E-state index contributed by atoms with van der Waals surface area (Å²) >= 11 is 6.30. The van der Waals surface area contributed by atoms with Crippen molar-refractivity contribution in [3.05, 3.63) is 40.7 Å². The fourth-order valence-corrected chi connectivity index (χ4v) is 3.63. The first-order valence-corrected chi connectivity index (χ1v) is 10.1. The molecule has 0 bridgehead atoms. The summed E-state index contributed by atoms with van der Waals surface area (Å²) in [7, 11) is -0.579. The molecule has 0 unspecified atom stereocenters. The summed E-state index contributed by atoms with van der Waals surface area (Å²) in [6.45, 7) is 4.45. The van der Waals surface area contributed by atoms with Crippen LogP contribution in [0.1, 0.15) is 35.8 Å². The molecule has 1 heterocycles. The van der Waals surface area contributed by atoms with Gasteiger partial charge >= 0.3 is 0 Å². The van der Waals surface area contributed by atoms with E-state index in [9.17, 15) is 13.2 Å². The second-order valence-corrected chi connectivity index (χ2v) is 8.60. The van der Waals surface area contributed by atoms with Crippen molar-refractivity contribution < 1.29 is 13.2 Å².